The van der Waals surface area contributed by atoms with Gasteiger partial charge in [0.15, 0.2) is 11.4 Å². The number of anilines is 2. The van der Waals surface area contributed by atoms with E-state index in [4.69, 9.17) is 14.5 Å². The van der Waals surface area contributed by atoms with Gasteiger partial charge in [0.2, 0.25) is 0 Å². The average Bonchev–Trinajstić information content (AvgIpc) is 3.22. The molecule has 1 amide bonds. The molecule has 6 nitrogen and oxygen atoms in total. The average molecular weight is 490 g/mol. The third-order valence-electron chi connectivity index (χ3n) is 4.90. The molecule has 0 aliphatic carbocycles. The number of amides is 1. The number of fused-ring (bicyclic) bond motifs is 2. The van der Waals surface area contributed by atoms with E-state index in [9.17, 15) is 4.79 Å². The molecule has 158 valence electrons. The summed E-state index contributed by atoms with van der Waals surface area (Å²) in [5.41, 5.74) is 2.16. The Bertz CT molecular complexity index is 990. The lowest BCUT2D eigenvalue weighted by atomic mass is 9.99. The van der Waals surface area contributed by atoms with Crippen molar-refractivity contribution in [1.29, 1.82) is 0 Å². The summed E-state index contributed by atoms with van der Waals surface area (Å²) in [6.07, 6.45) is -0.962. The summed E-state index contributed by atoms with van der Waals surface area (Å²) in [7, 11) is 1.62. The number of nitrogens with one attached hydrogen (secondary N) is 1. The van der Waals surface area contributed by atoms with Gasteiger partial charge in [-0.1, -0.05) is 45.9 Å². The second-order valence-corrected chi connectivity index (χ2v) is 10.4. The molecule has 2 aliphatic rings. The molecule has 0 radical (unpaired) electrons. The number of hydrogen-bond acceptors (Lipinski definition) is 6. The molecule has 2 aromatic carbocycles. The van der Waals surface area contributed by atoms with Crippen LogP contribution in [0.25, 0.3) is 0 Å². The van der Waals surface area contributed by atoms with Crippen LogP contribution in [0.15, 0.2) is 58.0 Å². The van der Waals surface area contributed by atoms with E-state index >= 15 is 0 Å². The van der Waals surface area contributed by atoms with E-state index in [1.165, 1.54) is 0 Å². The van der Waals surface area contributed by atoms with Crippen molar-refractivity contribution in [3.05, 3.63) is 58.6 Å². The molecule has 2 heterocycles. The summed E-state index contributed by atoms with van der Waals surface area (Å²) in [5.74, 6) is 0. The Hall–Kier alpha value is -2.03. The minimum Gasteiger partial charge on any atom is -0.443 e. The third-order valence-corrected chi connectivity index (χ3v) is 6.77. The predicted molar refractivity (Wildman–Crippen MR) is 125 cm³/mol. The Balaban J connectivity index is 1.65. The first-order valence-corrected chi connectivity index (χ1v) is 11.2. The van der Waals surface area contributed by atoms with Gasteiger partial charge in [-0.2, -0.15) is 0 Å². The van der Waals surface area contributed by atoms with Gasteiger partial charge in [0.05, 0.1) is 12.2 Å². The van der Waals surface area contributed by atoms with E-state index in [1.54, 1.807) is 23.8 Å². The third kappa shape index (κ3) is 3.84. The van der Waals surface area contributed by atoms with Crippen molar-refractivity contribution in [2.75, 3.05) is 23.9 Å². The fourth-order valence-electron chi connectivity index (χ4n) is 3.73. The molecule has 1 spiro atoms. The Morgan fingerprint density at radius 3 is 2.60 bits per heavy atom. The van der Waals surface area contributed by atoms with Crippen LogP contribution in [0.3, 0.4) is 0 Å². The zero-order valence-electron chi connectivity index (χ0n) is 17.3. The van der Waals surface area contributed by atoms with Crippen LogP contribution >= 0.6 is 27.7 Å². The second-order valence-electron chi connectivity index (χ2n) is 8.20. The maximum atomic E-state index is 13.1. The topological polar surface area (TPSA) is 63.2 Å². The van der Waals surface area contributed by atoms with Gasteiger partial charge in [0.25, 0.3) is 0 Å². The van der Waals surface area contributed by atoms with Gasteiger partial charge in [-0.15, -0.1) is 0 Å². The number of ether oxygens (including phenoxy) is 2. The lowest BCUT2D eigenvalue weighted by molar-refractivity contribution is 0.0337. The molecule has 0 bridgehead atoms. The van der Waals surface area contributed by atoms with Crippen LogP contribution in [-0.2, 0) is 14.2 Å². The monoisotopic (exact) mass is 489 g/mol. The lowest BCUT2D eigenvalue weighted by Gasteiger charge is -2.33. The molecule has 8 heteroatoms. The van der Waals surface area contributed by atoms with Gasteiger partial charge in [-0.3, -0.25) is 4.99 Å². The van der Waals surface area contributed by atoms with E-state index in [1.807, 2.05) is 69.3 Å². The van der Waals surface area contributed by atoms with Gasteiger partial charge < -0.3 is 14.8 Å². The Morgan fingerprint density at radius 1 is 1.23 bits per heavy atom. The summed E-state index contributed by atoms with van der Waals surface area (Å²) in [6.45, 7) is 6.07. The van der Waals surface area contributed by atoms with Crippen molar-refractivity contribution >= 4 is 50.3 Å². The normalized spacial score (nSPS) is 22.8. The maximum absolute atomic E-state index is 13.1. The van der Waals surface area contributed by atoms with Gasteiger partial charge in [-0.25, -0.2) is 9.69 Å². The molecule has 0 aromatic heterocycles. The standard InChI is InChI=1S/C22H24BrN3O3S/c1-21(2,3)29-20(27)26-17-8-6-5-7-16(17)22(18(26)28-4)13-24-19(30-22)25-15-11-9-14(23)10-12-15/h5-12,18H,13H2,1-4H3,(H,24,25)/t18-,22+/m1/s1. The molecule has 0 saturated heterocycles. The van der Waals surface area contributed by atoms with E-state index in [0.717, 1.165) is 26.6 Å². The van der Waals surface area contributed by atoms with Crippen LogP contribution < -0.4 is 10.2 Å². The zero-order valence-corrected chi connectivity index (χ0v) is 19.7. The van der Waals surface area contributed by atoms with Gasteiger partial charge in [0.1, 0.15) is 10.3 Å². The molecule has 0 fully saturated rings. The number of halogens is 1. The smallest absolute Gasteiger partial charge is 0.417 e. The van der Waals surface area contributed by atoms with Gasteiger partial charge in [0, 0.05) is 17.3 Å². The van der Waals surface area contributed by atoms with Crippen molar-refractivity contribution in [3.8, 4) is 0 Å². The first kappa shape index (κ1) is 21.2. The summed E-state index contributed by atoms with van der Waals surface area (Å²) < 4.78 is 12.1. The summed E-state index contributed by atoms with van der Waals surface area (Å²) in [6, 6.07) is 15.8. The fourth-order valence-corrected chi connectivity index (χ4v) is 5.35. The van der Waals surface area contributed by atoms with Gasteiger partial charge in [-0.05, 0) is 56.7 Å². The number of hydrogen-bond donors (Lipinski definition) is 1. The van der Waals surface area contributed by atoms with Crippen LogP contribution in [0.2, 0.25) is 0 Å². The highest BCUT2D eigenvalue weighted by Crippen LogP contribution is 2.55. The lowest BCUT2D eigenvalue weighted by Crippen LogP contribution is -2.49. The molecule has 2 aromatic rings. The van der Waals surface area contributed by atoms with Crippen molar-refractivity contribution in [1.82, 2.24) is 0 Å². The first-order chi connectivity index (χ1) is 14.2. The number of amidine groups is 1. The molecule has 4 rings (SSSR count). The highest BCUT2D eigenvalue weighted by Gasteiger charge is 2.57. The fraction of sp³-hybridized carbons (Fsp3) is 0.364. The van der Waals surface area contributed by atoms with Crippen molar-refractivity contribution in [2.24, 2.45) is 4.99 Å². The van der Waals surface area contributed by atoms with Crippen molar-refractivity contribution in [3.63, 3.8) is 0 Å². The number of benzene rings is 2. The van der Waals surface area contributed by atoms with E-state index in [2.05, 4.69) is 21.2 Å². The van der Waals surface area contributed by atoms with Crippen LogP contribution in [0.5, 0.6) is 0 Å². The molecular formula is C22H24BrN3O3S. The number of para-hydroxylation sites is 1. The minimum atomic E-state index is -0.603. The quantitative estimate of drug-likeness (QED) is 0.595. The first-order valence-electron chi connectivity index (χ1n) is 9.64. The van der Waals surface area contributed by atoms with Gasteiger partial charge >= 0.3 is 6.09 Å². The summed E-state index contributed by atoms with van der Waals surface area (Å²) in [5, 5.41) is 4.17. The zero-order chi connectivity index (χ0) is 21.5. The number of aliphatic imine (C=N–C) groups is 1. The van der Waals surface area contributed by atoms with E-state index in [0.29, 0.717) is 6.54 Å². The number of carbonyl (C=O) groups excluding carboxylic acids is 1. The van der Waals surface area contributed by atoms with Crippen LogP contribution in [-0.4, -0.2) is 36.7 Å². The predicted octanol–water partition coefficient (Wildman–Crippen LogP) is 5.59. The van der Waals surface area contributed by atoms with E-state index in [-0.39, 0.29) is 0 Å². The molecule has 2 aliphatic heterocycles. The molecular weight excluding hydrogens is 466 g/mol. The molecule has 1 N–H and O–H groups in total. The molecule has 0 saturated carbocycles. The number of rotatable bonds is 2. The SMILES string of the molecule is CO[C@H]1N(C(=O)OC(C)(C)C)c2ccccc2[C@@]12CN=C(Nc1ccc(Br)cc1)S2. The number of methoxy groups -OCH3 is 1. The number of nitrogens with zero attached hydrogens (tertiary/aromatic N) is 2. The van der Waals surface area contributed by atoms with E-state index < -0.39 is 22.7 Å². The molecule has 30 heavy (non-hydrogen) atoms. The Morgan fingerprint density at radius 2 is 1.93 bits per heavy atom. The number of thioether (sulfide) groups is 1. The summed E-state index contributed by atoms with van der Waals surface area (Å²) in [4.78, 5) is 19.5. The Kier molecular flexibility index (Phi) is 5.59. The number of carbonyl (C=O) groups is 1. The summed E-state index contributed by atoms with van der Waals surface area (Å²) >= 11 is 5.04. The molecule has 0 unspecified atom stereocenters. The maximum Gasteiger partial charge on any atom is 0.417 e. The largest absolute Gasteiger partial charge is 0.443 e. The Labute approximate surface area is 189 Å². The van der Waals surface area contributed by atoms with Crippen LogP contribution in [0.4, 0.5) is 16.2 Å². The van der Waals surface area contributed by atoms with Crippen molar-refractivity contribution in [2.45, 2.75) is 37.3 Å². The second kappa shape index (κ2) is 7.90. The van der Waals surface area contributed by atoms with Crippen LogP contribution in [0.1, 0.15) is 26.3 Å². The van der Waals surface area contributed by atoms with Crippen LogP contribution in [0, 0.1) is 0 Å². The minimum absolute atomic E-state index is 0.423. The highest BCUT2D eigenvalue weighted by molar-refractivity contribution is 9.10. The van der Waals surface area contributed by atoms with Crippen molar-refractivity contribution < 1.29 is 14.3 Å². The highest BCUT2D eigenvalue weighted by atomic mass is 79.9. The molecule has 2 atom stereocenters.